The fraction of sp³-hybridized carbons (Fsp3) is 0.467. The SMILES string of the molecule is CC(CCNC(=O)NC1CCOc2ccccc21)C(=O)O. The summed E-state index contributed by atoms with van der Waals surface area (Å²) in [5.41, 5.74) is 0.970. The van der Waals surface area contributed by atoms with Crippen molar-refractivity contribution in [1.82, 2.24) is 10.6 Å². The van der Waals surface area contributed by atoms with E-state index >= 15 is 0 Å². The Hall–Kier alpha value is -2.24. The van der Waals surface area contributed by atoms with Gasteiger partial charge in [0.05, 0.1) is 18.6 Å². The van der Waals surface area contributed by atoms with E-state index in [-0.39, 0.29) is 12.1 Å². The van der Waals surface area contributed by atoms with E-state index in [1.54, 1.807) is 6.92 Å². The Kier molecular flexibility index (Phi) is 5.03. The minimum Gasteiger partial charge on any atom is -0.493 e. The smallest absolute Gasteiger partial charge is 0.315 e. The maximum absolute atomic E-state index is 11.9. The minimum atomic E-state index is -0.851. The largest absolute Gasteiger partial charge is 0.493 e. The highest BCUT2D eigenvalue weighted by molar-refractivity contribution is 5.75. The fourth-order valence-corrected chi connectivity index (χ4v) is 2.23. The highest BCUT2D eigenvalue weighted by atomic mass is 16.5. The van der Waals surface area contributed by atoms with E-state index in [1.807, 2.05) is 24.3 Å². The molecule has 0 aliphatic carbocycles. The molecule has 2 unspecified atom stereocenters. The molecule has 21 heavy (non-hydrogen) atoms. The molecule has 1 aromatic carbocycles. The monoisotopic (exact) mass is 292 g/mol. The Morgan fingerprint density at radius 1 is 1.43 bits per heavy atom. The van der Waals surface area contributed by atoms with Crippen molar-refractivity contribution < 1.29 is 19.4 Å². The number of carboxylic acid groups (broad SMARTS) is 1. The number of urea groups is 1. The van der Waals surface area contributed by atoms with Crippen LogP contribution in [0.5, 0.6) is 5.75 Å². The number of amides is 2. The number of rotatable bonds is 5. The predicted octanol–water partition coefficient (Wildman–Crippen LogP) is 1.92. The van der Waals surface area contributed by atoms with Crippen LogP contribution in [0.1, 0.15) is 31.4 Å². The average molecular weight is 292 g/mol. The number of nitrogens with one attached hydrogen (secondary N) is 2. The summed E-state index contributed by atoms with van der Waals surface area (Å²) in [4.78, 5) is 22.5. The van der Waals surface area contributed by atoms with Crippen molar-refractivity contribution in [2.75, 3.05) is 13.2 Å². The van der Waals surface area contributed by atoms with E-state index in [1.165, 1.54) is 0 Å². The van der Waals surface area contributed by atoms with E-state index < -0.39 is 11.9 Å². The van der Waals surface area contributed by atoms with E-state index in [2.05, 4.69) is 10.6 Å². The first-order chi connectivity index (χ1) is 10.1. The van der Waals surface area contributed by atoms with Gasteiger partial charge in [-0.3, -0.25) is 4.79 Å². The highest BCUT2D eigenvalue weighted by Gasteiger charge is 2.22. The summed E-state index contributed by atoms with van der Waals surface area (Å²) in [6.45, 7) is 2.53. The summed E-state index contributed by atoms with van der Waals surface area (Å²) >= 11 is 0. The highest BCUT2D eigenvalue weighted by Crippen LogP contribution is 2.31. The van der Waals surface area contributed by atoms with Gasteiger partial charge in [-0.1, -0.05) is 25.1 Å². The van der Waals surface area contributed by atoms with Crippen molar-refractivity contribution in [3.8, 4) is 5.75 Å². The Morgan fingerprint density at radius 3 is 2.95 bits per heavy atom. The molecule has 1 aromatic rings. The molecule has 1 heterocycles. The van der Waals surface area contributed by atoms with Crippen molar-refractivity contribution in [3.63, 3.8) is 0 Å². The fourth-order valence-electron chi connectivity index (χ4n) is 2.23. The topological polar surface area (TPSA) is 87.7 Å². The lowest BCUT2D eigenvalue weighted by Gasteiger charge is -2.26. The van der Waals surface area contributed by atoms with Crippen LogP contribution >= 0.6 is 0 Å². The molecule has 3 N–H and O–H groups in total. The van der Waals surface area contributed by atoms with Gasteiger partial charge in [0.1, 0.15) is 5.75 Å². The Bertz CT molecular complexity index is 518. The molecule has 0 saturated heterocycles. The molecule has 2 amide bonds. The Balaban J connectivity index is 1.82. The quantitative estimate of drug-likeness (QED) is 0.773. The van der Waals surface area contributed by atoms with Crippen molar-refractivity contribution in [2.45, 2.75) is 25.8 Å². The number of carbonyl (C=O) groups is 2. The molecule has 0 spiro atoms. The van der Waals surface area contributed by atoms with Crippen LogP contribution in [0.25, 0.3) is 0 Å². The number of fused-ring (bicyclic) bond motifs is 1. The molecule has 0 fully saturated rings. The number of aliphatic carboxylic acids is 1. The zero-order valence-corrected chi connectivity index (χ0v) is 12.0. The summed E-state index contributed by atoms with van der Waals surface area (Å²) in [5.74, 6) is -0.516. The van der Waals surface area contributed by atoms with E-state index in [0.717, 1.165) is 17.7 Å². The van der Waals surface area contributed by atoms with E-state index in [4.69, 9.17) is 9.84 Å². The van der Waals surface area contributed by atoms with Crippen LogP contribution in [0, 0.1) is 5.92 Å². The first kappa shape index (κ1) is 15.2. The molecule has 6 heteroatoms. The van der Waals surface area contributed by atoms with Crippen LogP contribution in [0.15, 0.2) is 24.3 Å². The van der Waals surface area contributed by atoms with Crippen LogP contribution in [0.4, 0.5) is 4.79 Å². The van der Waals surface area contributed by atoms with Gasteiger partial charge in [0.2, 0.25) is 0 Å². The number of carbonyl (C=O) groups excluding carboxylic acids is 1. The van der Waals surface area contributed by atoms with Gasteiger partial charge >= 0.3 is 12.0 Å². The van der Waals surface area contributed by atoms with Crippen molar-refractivity contribution in [1.29, 1.82) is 0 Å². The maximum atomic E-state index is 11.9. The first-order valence-corrected chi connectivity index (χ1v) is 7.07. The summed E-state index contributed by atoms with van der Waals surface area (Å²) in [6.07, 6.45) is 1.13. The number of para-hydroxylation sites is 1. The molecule has 0 saturated carbocycles. The number of benzene rings is 1. The molecular formula is C15H20N2O4. The van der Waals surface area contributed by atoms with Gasteiger partial charge in [-0.25, -0.2) is 4.79 Å². The second kappa shape index (κ2) is 6.97. The molecule has 114 valence electrons. The number of hydrogen-bond acceptors (Lipinski definition) is 3. The molecule has 0 radical (unpaired) electrons. The lowest BCUT2D eigenvalue weighted by molar-refractivity contribution is -0.141. The molecule has 2 rings (SSSR count). The predicted molar refractivity (Wildman–Crippen MR) is 77.2 cm³/mol. The van der Waals surface area contributed by atoms with Crippen molar-refractivity contribution >= 4 is 12.0 Å². The van der Waals surface area contributed by atoms with Gasteiger partial charge in [0, 0.05) is 18.5 Å². The van der Waals surface area contributed by atoms with Gasteiger partial charge in [-0.15, -0.1) is 0 Å². The van der Waals surface area contributed by atoms with Crippen molar-refractivity contribution in [3.05, 3.63) is 29.8 Å². The van der Waals surface area contributed by atoms with Crippen LogP contribution in [0.3, 0.4) is 0 Å². The van der Waals surface area contributed by atoms with Gasteiger partial charge in [-0.05, 0) is 12.5 Å². The molecule has 1 aliphatic rings. The molecule has 0 bridgehead atoms. The zero-order valence-electron chi connectivity index (χ0n) is 12.0. The van der Waals surface area contributed by atoms with E-state index in [9.17, 15) is 9.59 Å². The third kappa shape index (κ3) is 4.11. The number of hydrogen-bond donors (Lipinski definition) is 3. The third-order valence-electron chi connectivity index (χ3n) is 3.55. The second-order valence-corrected chi connectivity index (χ2v) is 5.16. The third-order valence-corrected chi connectivity index (χ3v) is 3.55. The summed E-state index contributed by atoms with van der Waals surface area (Å²) in [5, 5.41) is 14.4. The van der Waals surface area contributed by atoms with Crippen LogP contribution in [0.2, 0.25) is 0 Å². The number of ether oxygens (including phenoxy) is 1. The molecule has 1 aliphatic heterocycles. The summed E-state index contributed by atoms with van der Waals surface area (Å²) < 4.78 is 5.54. The number of carboxylic acids is 1. The van der Waals surface area contributed by atoms with Crippen LogP contribution < -0.4 is 15.4 Å². The molecule has 6 nitrogen and oxygen atoms in total. The van der Waals surface area contributed by atoms with Crippen molar-refractivity contribution in [2.24, 2.45) is 5.92 Å². The van der Waals surface area contributed by atoms with Gasteiger partial charge < -0.3 is 20.5 Å². The molecular weight excluding hydrogens is 272 g/mol. The summed E-state index contributed by atoms with van der Waals surface area (Å²) in [6, 6.07) is 7.27. The van der Waals surface area contributed by atoms with Gasteiger partial charge in [0.15, 0.2) is 0 Å². The summed E-state index contributed by atoms with van der Waals surface area (Å²) in [7, 11) is 0. The average Bonchev–Trinajstić information content (AvgIpc) is 2.47. The Morgan fingerprint density at radius 2 is 2.19 bits per heavy atom. The van der Waals surface area contributed by atoms with E-state index in [0.29, 0.717) is 19.6 Å². The Labute approximate surface area is 123 Å². The minimum absolute atomic E-state index is 0.0770. The van der Waals surface area contributed by atoms with Crippen LogP contribution in [-0.2, 0) is 4.79 Å². The second-order valence-electron chi connectivity index (χ2n) is 5.16. The first-order valence-electron chi connectivity index (χ1n) is 7.07. The van der Waals surface area contributed by atoms with Gasteiger partial charge in [0.25, 0.3) is 0 Å². The zero-order chi connectivity index (χ0) is 15.2. The maximum Gasteiger partial charge on any atom is 0.315 e. The lowest BCUT2D eigenvalue weighted by Crippen LogP contribution is -2.40. The van der Waals surface area contributed by atoms with Crippen LogP contribution in [-0.4, -0.2) is 30.3 Å². The normalized spacial score (nSPS) is 18.0. The standard InChI is InChI=1S/C15H20N2O4/c1-10(14(18)19)6-8-16-15(20)17-12-7-9-21-13-5-3-2-4-11(12)13/h2-5,10,12H,6-9H2,1H3,(H,18,19)(H2,16,17,20). The van der Waals surface area contributed by atoms with Gasteiger partial charge in [-0.2, -0.15) is 0 Å². The lowest BCUT2D eigenvalue weighted by atomic mass is 10.0. The molecule has 0 aromatic heterocycles. The molecule has 2 atom stereocenters.